The van der Waals surface area contributed by atoms with Crippen molar-refractivity contribution < 1.29 is 4.79 Å². The molecule has 0 aliphatic heterocycles. The van der Waals surface area contributed by atoms with E-state index in [2.05, 4.69) is 40.7 Å². The van der Waals surface area contributed by atoms with Gasteiger partial charge in [0, 0.05) is 30.1 Å². The van der Waals surface area contributed by atoms with Crippen LogP contribution in [0.15, 0.2) is 24.3 Å². The maximum absolute atomic E-state index is 10.8. The first kappa shape index (κ1) is 13.9. The van der Waals surface area contributed by atoms with E-state index in [1.807, 2.05) is 0 Å². The van der Waals surface area contributed by atoms with Crippen LogP contribution in [0.1, 0.15) is 43.0 Å². The molecule has 3 heteroatoms. The van der Waals surface area contributed by atoms with Crippen molar-refractivity contribution in [2.24, 2.45) is 0 Å². The number of hydrogen-bond acceptors (Lipinski definition) is 1. The molecule has 1 amide bonds. The zero-order chi connectivity index (χ0) is 14.7. The van der Waals surface area contributed by atoms with Gasteiger partial charge in [-0.15, -0.1) is 0 Å². The van der Waals surface area contributed by atoms with Crippen molar-refractivity contribution in [1.29, 1.82) is 0 Å². The number of H-pyrrole nitrogens is 1. The van der Waals surface area contributed by atoms with Crippen molar-refractivity contribution in [2.75, 3.05) is 6.54 Å². The van der Waals surface area contributed by atoms with Gasteiger partial charge in [0.05, 0.1) is 0 Å². The Hall–Kier alpha value is -2.03. The molecule has 1 aliphatic carbocycles. The molecule has 0 saturated heterocycles. The van der Waals surface area contributed by atoms with Crippen molar-refractivity contribution in [3.63, 3.8) is 0 Å². The average molecular weight is 282 g/mol. The van der Waals surface area contributed by atoms with E-state index in [0.717, 1.165) is 6.42 Å². The molecule has 0 atom stereocenters. The summed E-state index contributed by atoms with van der Waals surface area (Å²) in [5.74, 6) is 0.0313. The van der Waals surface area contributed by atoms with Gasteiger partial charge in [0.2, 0.25) is 5.91 Å². The second-order valence-corrected chi connectivity index (χ2v) is 5.77. The van der Waals surface area contributed by atoms with E-state index in [1.54, 1.807) is 6.92 Å². The predicted octanol–water partition coefficient (Wildman–Crippen LogP) is 3.59. The summed E-state index contributed by atoms with van der Waals surface area (Å²) in [6.45, 7) is 2.25. The summed E-state index contributed by atoms with van der Waals surface area (Å²) in [5.41, 5.74) is 5.45. The molecule has 2 N–H and O–H groups in total. The molecule has 1 aromatic carbocycles. The van der Waals surface area contributed by atoms with Gasteiger partial charge in [-0.3, -0.25) is 4.79 Å². The van der Waals surface area contributed by atoms with Crippen LogP contribution in [-0.2, 0) is 17.6 Å². The van der Waals surface area contributed by atoms with E-state index in [4.69, 9.17) is 0 Å². The second kappa shape index (κ2) is 6.17. The van der Waals surface area contributed by atoms with Crippen molar-refractivity contribution in [3.05, 3.63) is 41.1 Å². The van der Waals surface area contributed by atoms with Gasteiger partial charge in [-0.25, -0.2) is 0 Å². The highest BCUT2D eigenvalue weighted by Gasteiger charge is 2.14. The first-order chi connectivity index (χ1) is 10.2. The number of carbonyl (C=O) groups is 1. The summed E-state index contributed by atoms with van der Waals surface area (Å²) in [4.78, 5) is 14.4. The maximum atomic E-state index is 10.8. The highest BCUT2D eigenvalue weighted by Crippen LogP contribution is 2.29. The van der Waals surface area contributed by atoms with Crippen LogP contribution < -0.4 is 5.32 Å². The zero-order valence-electron chi connectivity index (χ0n) is 12.5. The minimum absolute atomic E-state index is 0.0313. The number of benzene rings is 1. The van der Waals surface area contributed by atoms with Gasteiger partial charge in [0.15, 0.2) is 0 Å². The Balaban J connectivity index is 1.74. The van der Waals surface area contributed by atoms with E-state index in [9.17, 15) is 4.79 Å². The molecule has 0 fully saturated rings. The summed E-state index contributed by atoms with van der Waals surface area (Å²) in [6, 6.07) is 6.62. The lowest BCUT2D eigenvalue weighted by Crippen LogP contribution is -2.20. The first-order valence-corrected chi connectivity index (χ1v) is 7.78. The van der Waals surface area contributed by atoms with Gasteiger partial charge in [-0.05, 0) is 55.4 Å². The third-order valence-electron chi connectivity index (χ3n) is 4.12. The van der Waals surface area contributed by atoms with Crippen LogP contribution >= 0.6 is 0 Å². The van der Waals surface area contributed by atoms with Crippen LogP contribution in [0.3, 0.4) is 0 Å². The van der Waals surface area contributed by atoms with E-state index < -0.39 is 0 Å². The molecule has 0 bridgehead atoms. The van der Waals surface area contributed by atoms with Crippen LogP contribution in [0.4, 0.5) is 0 Å². The second-order valence-electron chi connectivity index (χ2n) is 5.77. The number of rotatable bonds is 4. The molecular weight excluding hydrogens is 260 g/mol. The number of aromatic nitrogens is 1. The van der Waals surface area contributed by atoms with E-state index in [1.165, 1.54) is 53.4 Å². The molecule has 0 saturated carbocycles. The molecule has 1 aromatic heterocycles. The molecule has 0 unspecified atom stereocenters. The summed E-state index contributed by atoms with van der Waals surface area (Å²) >= 11 is 0. The third kappa shape index (κ3) is 3.18. The number of aryl methyl sites for hydroxylation is 2. The van der Waals surface area contributed by atoms with Gasteiger partial charge >= 0.3 is 0 Å². The van der Waals surface area contributed by atoms with Gasteiger partial charge in [0.1, 0.15) is 0 Å². The topological polar surface area (TPSA) is 44.9 Å². The lowest BCUT2D eigenvalue weighted by Gasteiger charge is -2.10. The van der Waals surface area contributed by atoms with Crippen molar-refractivity contribution >= 4 is 22.9 Å². The third-order valence-corrected chi connectivity index (χ3v) is 4.12. The highest BCUT2D eigenvalue weighted by molar-refractivity contribution is 5.87. The van der Waals surface area contributed by atoms with Crippen molar-refractivity contribution in [1.82, 2.24) is 10.3 Å². The minimum Gasteiger partial charge on any atom is -0.358 e. The lowest BCUT2D eigenvalue weighted by molar-refractivity contribution is -0.118. The molecule has 1 heterocycles. The van der Waals surface area contributed by atoms with Crippen LogP contribution in [0.5, 0.6) is 0 Å². The van der Waals surface area contributed by atoms with Crippen molar-refractivity contribution in [2.45, 2.75) is 39.0 Å². The first-order valence-electron chi connectivity index (χ1n) is 7.78. The van der Waals surface area contributed by atoms with Gasteiger partial charge in [-0.2, -0.15) is 0 Å². The standard InChI is InChI=1S/C18H22N2O/c1-13(21)19-11-5-4-6-14-9-10-18-16(12-14)15-7-2-3-8-17(15)20-18/h4,6,9-10,12,20H,2-3,5,7-8,11H2,1H3,(H,19,21). The molecule has 3 rings (SSSR count). The Morgan fingerprint density at radius 1 is 1.33 bits per heavy atom. The Morgan fingerprint density at radius 2 is 2.19 bits per heavy atom. The van der Waals surface area contributed by atoms with Crippen molar-refractivity contribution in [3.8, 4) is 0 Å². The fourth-order valence-corrected chi connectivity index (χ4v) is 3.08. The van der Waals surface area contributed by atoms with E-state index >= 15 is 0 Å². The molecular formula is C18H22N2O. The smallest absolute Gasteiger partial charge is 0.216 e. The normalized spacial score (nSPS) is 14.5. The fraction of sp³-hybridized carbons (Fsp3) is 0.389. The molecule has 2 aromatic rings. The summed E-state index contributed by atoms with van der Waals surface area (Å²) in [7, 11) is 0. The summed E-state index contributed by atoms with van der Waals surface area (Å²) < 4.78 is 0. The predicted molar refractivity (Wildman–Crippen MR) is 87.3 cm³/mol. The highest BCUT2D eigenvalue weighted by atomic mass is 16.1. The quantitative estimate of drug-likeness (QED) is 0.827. The van der Waals surface area contributed by atoms with Gasteiger partial charge < -0.3 is 10.3 Å². The van der Waals surface area contributed by atoms with Crippen LogP contribution in [0, 0.1) is 0 Å². The SMILES string of the molecule is CC(=O)NCCC=Cc1ccc2[nH]c3c(c2c1)CCCC3. The number of aromatic amines is 1. The number of fused-ring (bicyclic) bond motifs is 3. The molecule has 110 valence electrons. The number of hydrogen-bond donors (Lipinski definition) is 2. The Kier molecular flexibility index (Phi) is 4.09. The van der Waals surface area contributed by atoms with Crippen LogP contribution in [0.25, 0.3) is 17.0 Å². The summed E-state index contributed by atoms with van der Waals surface area (Å²) in [5, 5.41) is 4.19. The minimum atomic E-state index is 0.0313. The maximum Gasteiger partial charge on any atom is 0.216 e. The van der Waals surface area contributed by atoms with Gasteiger partial charge in [-0.1, -0.05) is 18.2 Å². The van der Waals surface area contributed by atoms with Crippen LogP contribution in [-0.4, -0.2) is 17.4 Å². The monoisotopic (exact) mass is 282 g/mol. The Bertz CT molecular complexity index is 682. The molecule has 1 aliphatic rings. The number of nitrogens with one attached hydrogen (secondary N) is 2. The number of amides is 1. The van der Waals surface area contributed by atoms with E-state index in [-0.39, 0.29) is 5.91 Å². The molecule has 0 spiro atoms. The molecule has 3 nitrogen and oxygen atoms in total. The largest absolute Gasteiger partial charge is 0.358 e. The molecule has 21 heavy (non-hydrogen) atoms. The molecule has 0 radical (unpaired) electrons. The fourth-order valence-electron chi connectivity index (χ4n) is 3.08. The van der Waals surface area contributed by atoms with Gasteiger partial charge in [0.25, 0.3) is 0 Å². The number of carbonyl (C=O) groups excluding carboxylic acids is 1. The Labute approximate surface area is 125 Å². The lowest BCUT2D eigenvalue weighted by atomic mass is 9.95. The van der Waals surface area contributed by atoms with E-state index in [0.29, 0.717) is 6.54 Å². The average Bonchev–Trinajstić information content (AvgIpc) is 2.84. The summed E-state index contributed by atoms with van der Waals surface area (Å²) in [6.07, 6.45) is 10.1. The van der Waals surface area contributed by atoms with Crippen LogP contribution in [0.2, 0.25) is 0 Å². The zero-order valence-corrected chi connectivity index (χ0v) is 12.5. The Morgan fingerprint density at radius 3 is 3.05 bits per heavy atom.